The van der Waals surface area contributed by atoms with E-state index in [2.05, 4.69) is 35.8 Å². The summed E-state index contributed by atoms with van der Waals surface area (Å²) in [6, 6.07) is 1.94. The van der Waals surface area contributed by atoms with Gasteiger partial charge >= 0.3 is 0 Å². The van der Waals surface area contributed by atoms with Crippen LogP contribution in [0.15, 0.2) is 27.8 Å². The van der Waals surface area contributed by atoms with Crippen LogP contribution in [0.3, 0.4) is 0 Å². The Hall–Kier alpha value is -1.14. The second kappa shape index (κ2) is 6.18. The lowest BCUT2D eigenvalue weighted by molar-refractivity contribution is 0.101. The Morgan fingerprint density at radius 1 is 1.30 bits per heavy atom. The highest BCUT2D eigenvalue weighted by atomic mass is 79.9. The molecule has 11 heteroatoms. The van der Waals surface area contributed by atoms with E-state index in [9.17, 15) is 13.9 Å². The number of aromatic nitrogens is 4. The number of halogens is 3. The minimum atomic E-state index is -2.42. The Bertz CT molecular complexity index is 1030. The highest BCUT2D eigenvalue weighted by Crippen LogP contribution is 2.54. The molecule has 5 rings (SSSR count). The lowest BCUT2D eigenvalue weighted by Crippen LogP contribution is -2.23. The molecule has 2 saturated carbocycles. The maximum Gasteiger partial charge on any atom is 0.250 e. The number of nitrogens with zero attached hydrogens (tertiary/aromatic N) is 4. The molecule has 2 aliphatic carbocycles. The molecule has 142 valence electrons. The van der Waals surface area contributed by atoms with Gasteiger partial charge in [0.15, 0.2) is 10.8 Å². The Balaban J connectivity index is 1.50. The van der Waals surface area contributed by atoms with Gasteiger partial charge in [0.2, 0.25) is 0 Å². The van der Waals surface area contributed by atoms with Crippen LogP contribution in [-0.4, -0.2) is 36.8 Å². The van der Waals surface area contributed by atoms with Crippen LogP contribution in [0.2, 0.25) is 0 Å². The lowest BCUT2D eigenvalue weighted by atomic mass is 10.1. The number of alkyl halides is 2. The van der Waals surface area contributed by atoms with Crippen LogP contribution >= 0.6 is 39.2 Å². The third-order valence-corrected chi connectivity index (χ3v) is 7.61. The SMILES string of the molecule is OC1(NSc2cc(Br)c3cnc(-c4nnc(C5(C(F)F)CC5)s4)n3c2)CC1. The number of pyridine rings is 1. The fraction of sp³-hybridized carbons (Fsp3) is 0.438. The summed E-state index contributed by atoms with van der Waals surface area (Å²) in [6.45, 7) is 0. The van der Waals surface area contributed by atoms with E-state index >= 15 is 0 Å². The molecule has 0 spiro atoms. The molecule has 3 heterocycles. The molecule has 0 amide bonds. The molecule has 0 saturated heterocycles. The molecule has 3 aromatic heterocycles. The number of imidazole rings is 1. The van der Waals surface area contributed by atoms with Crippen molar-refractivity contribution in [3.8, 4) is 10.8 Å². The first-order valence-electron chi connectivity index (χ1n) is 8.36. The molecule has 0 atom stereocenters. The maximum atomic E-state index is 13.3. The summed E-state index contributed by atoms with van der Waals surface area (Å²) in [6.07, 6.45) is 3.53. The van der Waals surface area contributed by atoms with Gasteiger partial charge in [0.1, 0.15) is 10.7 Å². The van der Waals surface area contributed by atoms with Gasteiger partial charge in [0, 0.05) is 15.6 Å². The summed E-state index contributed by atoms with van der Waals surface area (Å²) in [7, 11) is 0. The average Bonchev–Trinajstić information content (AvgIpc) is 3.48. The fourth-order valence-corrected chi connectivity index (χ4v) is 5.42. The third kappa shape index (κ3) is 3.09. The number of nitrogens with one attached hydrogen (secondary N) is 1. The molecule has 0 aromatic carbocycles. The van der Waals surface area contributed by atoms with Crippen LogP contribution < -0.4 is 4.72 Å². The van der Waals surface area contributed by atoms with Crippen LogP contribution in [0.5, 0.6) is 0 Å². The van der Waals surface area contributed by atoms with Crippen LogP contribution in [0.4, 0.5) is 8.78 Å². The minimum absolute atomic E-state index is 0.381. The number of hydrogen-bond acceptors (Lipinski definition) is 7. The highest BCUT2D eigenvalue weighted by molar-refractivity contribution is 9.10. The zero-order valence-corrected chi connectivity index (χ0v) is 17.0. The van der Waals surface area contributed by atoms with E-state index in [4.69, 9.17) is 0 Å². The van der Waals surface area contributed by atoms with E-state index in [1.807, 2.05) is 16.7 Å². The quantitative estimate of drug-likeness (QED) is 0.416. The molecule has 0 unspecified atom stereocenters. The number of aliphatic hydroxyl groups is 1. The molecule has 2 fully saturated rings. The first-order valence-corrected chi connectivity index (χ1v) is 10.8. The van der Waals surface area contributed by atoms with Gasteiger partial charge < -0.3 is 5.11 Å². The topological polar surface area (TPSA) is 75.3 Å². The Morgan fingerprint density at radius 3 is 2.74 bits per heavy atom. The standard InChI is InChI=1S/C16H14BrF2N5OS2/c17-9-5-8(27-23-16(25)3-4-16)7-24-10(9)6-20-11(24)12-21-22-14(26-12)15(1-2-15)13(18)19/h5-7,13,23,25H,1-4H2. The van der Waals surface area contributed by atoms with E-state index in [-0.39, 0.29) is 0 Å². The van der Waals surface area contributed by atoms with Gasteiger partial charge in [0.05, 0.1) is 17.1 Å². The average molecular weight is 474 g/mol. The molecule has 0 radical (unpaired) electrons. The van der Waals surface area contributed by atoms with Crippen LogP contribution in [0.1, 0.15) is 30.7 Å². The molecule has 27 heavy (non-hydrogen) atoms. The van der Waals surface area contributed by atoms with E-state index in [1.54, 1.807) is 6.20 Å². The van der Waals surface area contributed by atoms with Crippen molar-refractivity contribution in [3.05, 3.63) is 27.9 Å². The smallest absolute Gasteiger partial charge is 0.250 e. The highest BCUT2D eigenvalue weighted by Gasteiger charge is 2.55. The van der Waals surface area contributed by atoms with E-state index in [0.717, 1.165) is 27.7 Å². The molecule has 0 aliphatic heterocycles. The Labute approximate surface area is 169 Å². The number of rotatable bonds is 6. The molecule has 0 bridgehead atoms. The Kier molecular flexibility index (Phi) is 4.10. The van der Waals surface area contributed by atoms with Crippen molar-refractivity contribution in [2.24, 2.45) is 0 Å². The van der Waals surface area contributed by atoms with Crippen molar-refractivity contribution in [1.29, 1.82) is 0 Å². The molecule has 2 aliphatic rings. The summed E-state index contributed by atoms with van der Waals surface area (Å²) in [5.74, 6) is 0.562. The summed E-state index contributed by atoms with van der Waals surface area (Å²) in [4.78, 5) is 5.30. The van der Waals surface area contributed by atoms with Gasteiger partial charge in [-0.25, -0.2) is 18.5 Å². The van der Waals surface area contributed by atoms with Gasteiger partial charge in [-0.2, -0.15) is 0 Å². The maximum absolute atomic E-state index is 13.3. The van der Waals surface area contributed by atoms with Crippen LogP contribution in [0, 0.1) is 0 Å². The van der Waals surface area contributed by atoms with Crippen molar-refractivity contribution in [1.82, 2.24) is 24.3 Å². The van der Waals surface area contributed by atoms with Crippen molar-refractivity contribution >= 4 is 44.7 Å². The molecular weight excluding hydrogens is 460 g/mol. The molecular formula is C16H14BrF2N5OS2. The van der Waals surface area contributed by atoms with Gasteiger partial charge in [-0.1, -0.05) is 11.3 Å². The minimum Gasteiger partial charge on any atom is -0.375 e. The van der Waals surface area contributed by atoms with E-state index < -0.39 is 17.6 Å². The van der Waals surface area contributed by atoms with Crippen molar-refractivity contribution in [2.45, 2.75) is 48.1 Å². The summed E-state index contributed by atoms with van der Waals surface area (Å²) in [5.41, 5.74) is -1.06. The monoisotopic (exact) mass is 473 g/mol. The third-order valence-electron chi connectivity index (χ3n) is 4.90. The van der Waals surface area contributed by atoms with Crippen LogP contribution in [-0.2, 0) is 5.41 Å². The second-order valence-electron chi connectivity index (χ2n) is 6.97. The summed E-state index contributed by atoms with van der Waals surface area (Å²) < 4.78 is 32.4. The number of hydrogen-bond donors (Lipinski definition) is 2. The Morgan fingerprint density at radius 2 is 2.07 bits per heavy atom. The van der Waals surface area contributed by atoms with Crippen molar-refractivity contribution < 1.29 is 13.9 Å². The summed E-state index contributed by atoms with van der Waals surface area (Å²) >= 11 is 6.06. The lowest BCUT2D eigenvalue weighted by Gasteiger charge is -2.10. The predicted octanol–water partition coefficient (Wildman–Crippen LogP) is 3.99. The molecule has 3 aromatic rings. The summed E-state index contributed by atoms with van der Waals surface area (Å²) in [5, 5.41) is 19.0. The fourth-order valence-electron chi connectivity index (χ4n) is 2.79. The van der Waals surface area contributed by atoms with Crippen LogP contribution in [0.25, 0.3) is 16.3 Å². The first-order chi connectivity index (χ1) is 12.9. The van der Waals surface area contributed by atoms with Gasteiger partial charge in [-0.15, -0.1) is 10.2 Å². The van der Waals surface area contributed by atoms with Gasteiger partial charge in [-0.05, 0) is 59.6 Å². The van der Waals surface area contributed by atoms with Crippen molar-refractivity contribution in [2.75, 3.05) is 0 Å². The largest absolute Gasteiger partial charge is 0.375 e. The zero-order chi connectivity index (χ0) is 18.8. The second-order valence-corrected chi connectivity index (χ2v) is 9.68. The van der Waals surface area contributed by atoms with Gasteiger partial charge in [-0.3, -0.25) is 4.40 Å². The van der Waals surface area contributed by atoms with Crippen molar-refractivity contribution in [3.63, 3.8) is 0 Å². The zero-order valence-electron chi connectivity index (χ0n) is 13.8. The van der Waals surface area contributed by atoms with E-state index in [0.29, 0.717) is 28.7 Å². The molecule has 6 nitrogen and oxygen atoms in total. The van der Waals surface area contributed by atoms with Gasteiger partial charge in [0.25, 0.3) is 6.43 Å². The normalized spacial score (nSPS) is 19.7. The predicted molar refractivity (Wildman–Crippen MR) is 102 cm³/mol. The van der Waals surface area contributed by atoms with E-state index in [1.165, 1.54) is 23.3 Å². The molecule has 2 N–H and O–H groups in total. The number of fused-ring (bicyclic) bond motifs is 1. The first kappa shape index (κ1) is 17.9.